The molecule has 2 amide bonds. The Labute approximate surface area is 218 Å². The largest absolute Gasteiger partial charge is 0.366 e. The van der Waals surface area contributed by atoms with Crippen LogP contribution in [0.3, 0.4) is 0 Å². The number of anilines is 2. The van der Waals surface area contributed by atoms with Crippen molar-refractivity contribution in [3.8, 4) is 22.3 Å². The first-order chi connectivity index (χ1) is 18.1. The van der Waals surface area contributed by atoms with Crippen molar-refractivity contribution < 1.29 is 19.4 Å². The molecule has 0 atom stereocenters. The number of amides is 2. The molecular formula is C26H17N5O6S. The first-order valence-corrected chi connectivity index (χ1v) is 11.8. The van der Waals surface area contributed by atoms with Crippen molar-refractivity contribution in [3.05, 3.63) is 104 Å². The van der Waals surface area contributed by atoms with E-state index in [2.05, 4.69) is 5.32 Å². The molecule has 11 nitrogen and oxygen atoms in total. The third-order valence-electron chi connectivity index (χ3n) is 6.04. The number of nitro groups is 2. The van der Waals surface area contributed by atoms with Gasteiger partial charge in [-0.15, -0.1) is 0 Å². The highest BCUT2D eigenvalue weighted by Gasteiger charge is 2.28. The predicted molar refractivity (Wildman–Crippen MR) is 142 cm³/mol. The second kappa shape index (κ2) is 9.33. The Morgan fingerprint density at radius 3 is 1.76 bits per heavy atom. The molecule has 1 aliphatic rings. The van der Waals surface area contributed by atoms with E-state index in [4.69, 9.17) is 11.5 Å². The molecule has 4 aromatic carbocycles. The molecule has 1 heterocycles. The first kappa shape index (κ1) is 24.5. The standard InChI is InChI=1S/C26H17N5O6S/c27-25(32)15-5-10-19-20(11-15)38-21-12-18(26(28)33)22(13-1-6-16(7-2-13)30(34)35)23(24(21)29-19)14-3-8-17(9-4-14)31(36)37/h1-12,29H,(H2,27,32)(H2,28,33). The fraction of sp³-hybridized carbons (Fsp3) is 0. The zero-order chi connectivity index (χ0) is 27.1. The Morgan fingerprint density at radius 2 is 1.26 bits per heavy atom. The fourth-order valence-corrected chi connectivity index (χ4v) is 5.35. The summed E-state index contributed by atoms with van der Waals surface area (Å²) in [4.78, 5) is 47.1. The van der Waals surface area contributed by atoms with E-state index in [1.807, 2.05) is 0 Å². The van der Waals surface area contributed by atoms with Crippen molar-refractivity contribution in [2.24, 2.45) is 11.5 Å². The molecule has 0 aromatic heterocycles. The summed E-state index contributed by atoms with van der Waals surface area (Å²) in [7, 11) is 0. The molecule has 38 heavy (non-hydrogen) atoms. The average molecular weight is 528 g/mol. The number of nitrogens with two attached hydrogens (primary N) is 2. The SMILES string of the molecule is NC(=O)c1ccc2c(c1)Sc1cc(C(N)=O)c(-c3ccc([N+](=O)[O-])cc3)c(-c3ccc([N+](=O)[O-])cc3)c1N2. The van der Waals surface area contributed by atoms with Crippen molar-refractivity contribution >= 4 is 46.3 Å². The van der Waals surface area contributed by atoms with Crippen molar-refractivity contribution in [1.82, 2.24) is 0 Å². The van der Waals surface area contributed by atoms with Crippen LogP contribution < -0.4 is 16.8 Å². The van der Waals surface area contributed by atoms with Gasteiger partial charge >= 0.3 is 0 Å². The highest BCUT2D eigenvalue weighted by atomic mass is 32.2. The van der Waals surface area contributed by atoms with Crippen LogP contribution in [0.5, 0.6) is 0 Å². The fourth-order valence-electron chi connectivity index (χ4n) is 4.26. The highest BCUT2D eigenvalue weighted by Crippen LogP contribution is 2.52. The Hall–Kier alpha value is -5.23. The smallest absolute Gasteiger partial charge is 0.269 e. The molecule has 188 valence electrons. The summed E-state index contributed by atoms with van der Waals surface area (Å²) in [5.41, 5.74) is 14.7. The van der Waals surface area contributed by atoms with Crippen molar-refractivity contribution in [2.75, 3.05) is 5.32 Å². The van der Waals surface area contributed by atoms with E-state index in [1.54, 1.807) is 36.4 Å². The minimum Gasteiger partial charge on any atom is -0.366 e. The molecule has 0 fully saturated rings. The number of rotatable bonds is 6. The van der Waals surface area contributed by atoms with Crippen LogP contribution in [0.4, 0.5) is 22.7 Å². The summed E-state index contributed by atoms with van der Waals surface area (Å²) in [5, 5.41) is 25.8. The zero-order valence-corrected chi connectivity index (χ0v) is 20.2. The maximum atomic E-state index is 12.7. The minimum atomic E-state index is -0.735. The van der Waals surface area contributed by atoms with Crippen LogP contribution >= 0.6 is 11.8 Å². The van der Waals surface area contributed by atoms with Crippen LogP contribution in [0.2, 0.25) is 0 Å². The monoisotopic (exact) mass is 527 g/mol. The summed E-state index contributed by atoms with van der Waals surface area (Å²) < 4.78 is 0. The molecule has 0 aliphatic carbocycles. The van der Waals surface area contributed by atoms with Crippen molar-refractivity contribution in [2.45, 2.75) is 9.79 Å². The molecule has 1 aliphatic heterocycles. The molecule has 0 unspecified atom stereocenters. The number of benzene rings is 4. The summed E-state index contributed by atoms with van der Waals surface area (Å²) in [6.45, 7) is 0. The number of hydrogen-bond acceptors (Lipinski definition) is 8. The van der Waals surface area contributed by atoms with Crippen molar-refractivity contribution in [1.29, 1.82) is 0 Å². The van der Waals surface area contributed by atoms with Gasteiger partial charge in [-0.3, -0.25) is 29.8 Å². The van der Waals surface area contributed by atoms with Crippen LogP contribution in [0.25, 0.3) is 22.3 Å². The minimum absolute atomic E-state index is 0.114. The molecular weight excluding hydrogens is 510 g/mol. The van der Waals surface area contributed by atoms with Crippen LogP contribution in [0, 0.1) is 20.2 Å². The zero-order valence-electron chi connectivity index (χ0n) is 19.3. The van der Waals surface area contributed by atoms with Gasteiger partial charge in [0.15, 0.2) is 0 Å². The van der Waals surface area contributed by atoms with Crippen LogP contribution in [-0.4, -0.2) is 21.7 Å². The molecule has 0 spiro atoms. The van der Waals surface area contributed by atoms with E-state index in [0.29, 0.717) is 49.0 Å². The molecule has 0 saturated heterocycles. The van der Waals surface area contributed by atoms with Gasteiger partial charge in [-0.25, -0.2) is 0 Å². The van der Waals surface area contributed by atoms with E-state index in [9.17, 15) is 29.8 Å². The van der Waals surface area contributed by atoms with E-state index >= 15 is 0 Å². The Bertz CT molecular complexity index is 1670. The molecule has 5 rings (SSSR count). The van der Waals surface area contributed by atoms with Gasteiger partial charge in [0.2, 0.25) is 11.8 Å². The number of nitrogens with zero attached hydrogens (tertiary/aromatic N) is 2. The third-order valence-corrected chi connectivity index (χ3v) is 7.14. The van der Waals surface area contributed by atoms with Crippen LogP contribution in [0.1, 0.15) is 20.7 Å². The lowest BCUT2D eigenvalue weighted by Gasteiger charge is -2.27. The van der Waals surface area contributed by atoms with Gasteiger partial charge in [-0.1, -0.05) is 11.8 Å². The van der Waals surface area contributed by atoms with Crippen LogP contribution in [-0.2, 0) is 0 Å². The number of non-ortho nitro benzene ring substituents is 2. The van der Waals surface area contributed by atoms with E-state index in [0.717, 1.165) is 0 Å². The van der Waals surface area contributed by atoms with Gasteiger partial charge < -0.3 is 16.8 Å². The van der Waals surface area contributed by atoms with Gasteiger partial charge in [0.25, 0.3) is 11.4 Å². The summed E-state index contributed by atoms with van der Waals surface area (Å²) in [5.74, 6) is -1.32. The molecule has 12 heteroatoms. The maximum absolute atomic E-state index is 12.7. The van der Waals surface area contributed by atoms with Gasteiger partial charge in [-0.05, 0) is 59.7 Å². The Balaban J connectivity index is 1.79. The number of fused-ring (bicyclic) bond motifs is 2. The maximum Gasteiger partial charge on any atom is 0.269 e. The second-order valence-electron chi connectivity index (χ2n) is 8.32. The lowest BCUT2D eigenvalue weighted by atomic mass is 9.88. The topological polar surface area (TPSA) is 184 Å². The Morgan fingerprint density at radius 1 is 0.711 bits per heavy atom. The van der Waals surface area contributed by atoms with Gasteiger partial charge in [-0.2, -0.15) is 0 Å². The molecule has 0 saturated carbocycles. The predicted octanol–water partition coefficient (Wildman–Crippen LogP) is 5.24. The number of carbonyl (C=O) groups excluding carboxylic acids is 2. The molecule has 4 aromatic rings. The second-order valence-corrected chi connectivity index (χ2v) is 9.41. The summed E-state index contributed by atoms with van der Waals surface area (Å²) in [6.07, 6.45) is 0. The lowest BCUT2D eigenvalue weighted by Crippen LogP contribution is -2.15. The normalized spacial score (nSPS) is 11.6. The third kappa shape index (κ3) is 4.29. The number of nitrogens with one attached hydrogen (secondary N) is 1. The van der Waals surface area contributed by atoms with Gasteiger partial charge in [0, 0.05) is 56.3 Å². The van der Waals surface area contributed by atoms with E-state index in [1.165, 1.54) is 48.2 Å². The van der Waals surface area contributed by atoms with Gasteiger partial charge in [0.1, 0.15) is 0 Å². The number of carbonyl (C=O) groups is 2. The average Bonchev–Trinajstić information content (AvgIpc) is 2.90. The molecule has 5 N–H and O–H groups in total. The highest BCUT2D eigenvalue weighted by molar-refractivity contribution is 7.99. The van der Waals surface area contributed by atoms with Crippen LogP contribution in [0.15, 0.2) is 82.6 Å². The molecule has 0 radical (unpaired) electrons. The summed E-state index contributed by atoms with van der Waals surface area (Å²) in [6, 6.07) is 18.0. The number of nitro benzene ring substituents is 2. The Kier molecular flexibility index (Phi) is 6.01. The summed E-state index contributed by atoms with van der Waals surface area (Å²) >= 11 is 1.30. The van der Waals surface area contributed by atoms with E-state index < -0.39 is 21.7 Å². The van der Waals surface area contributed by atoms with E-state index in [-0.39, 0.29) is 16.9 Å². The first-order valence-electron chi connectivity index (χ1n) is 11.0. The number of hydrogen-bond donors (Lipinski definition) is 3. The van der Waals surface area contributed by atoms with Crippen molar-refractivity contribution in [3.63, 3.8) is 0 Å². The molecule has 0 bridgehead atoms. The van der Waals surface area contributed by atoms with Gasteiger partial charge in [0.05, 0.1) is 21.2 Å². The number of primary amides is 2. The lowest BCUT2D eigenvalue weighted by molar-refractivity contribution is -0.385. The quantitative estimate of drug-likeness (QED) is 0.197.